The lowest BCUT2D eigenvalue weighted by Gasteiger charge is -2.35. The highest BCUT2D eigenvalue weighted by Gasteiger charge is 2.59. The monoisotopic (exact) mass is 430 g/mol. The molecule has 2 aliphatic heterocycles. The number of rotatable bonds is 4. The number of anilines is 1. The summed E-state index contributed by atoms with van der Waals surface area (Å²) in [5, 5.41) is 4.02. The molecule has 1 fully saturated rings. The minimum Gasteiger partial charge on any atom is -0.356 e. The largest absolute Gasteiger partial charge is 0.356 e. The van der Waals surface area contributed by atoms with Gasteiger partial charge < -0.3 is 15.2 Å². The second kappa shape index (κ2) is 7.22. The molecule has 32 heavy (non-hydrogen) atoms. The maximum Gasteiger partial charge on any atom is 0.332 e. The number of carbonyl (C=O) groups excluding carboxylic acids is 3. The van der Waals surface area contributed by atoms with Crippen molar-refractivity contribution in [3.63, 3.8) is 0 Å². The van der Waals surface area contributed by atoms with Crippen molar-refractivity contribution in [1.82, 2.24) is 15.2 Å². The van der Waals surface area contributed by atoms with Gasteiger partial charge in [0.05, 0.1) is 11.4 Å². The number of hydrogen-bond donors (Lipinski definition) is 2. The Kier molecular flexibility index (Phi) is 4.58. The van der Waals surface area contributed by atoms with Gasteiger partial charge in [0.25, 0.3) is 11.8 Å². The van der Waals surface area contributed by atoms with Gasteiger partial charge >= 0.3 is 6.03 Å². The molecule has 1 unspecified atom stereocenters. The summed E-state index contributed by atoms with van der Waals surface area (Å²) in [5.74, 6) is -0.531. The van der Waals surface area contributed by atoms with Crippen LogP contribution in [0.15, 0.2) is 48.5 Å². The second-order valence-corrected chi connectivity index (χ2v) is 8.75. The minimum absolute atomic E-state index is 0.0366. The number of nitrogens with one attached hydrogen (secondary N) is 2. The highest BCUT2D eigenvalue weighted by molar-refractivity contribution is 6.24. The van der Waals surface area contributed by atoms with Crippen LogP contribution in [0.3, 0.4) is 0 Å². The summed E-state index contributed by atoms with van der Waals surface area (Å²) in [6, 6.07) is 14.3. The van der Waals surface area contributed by atoms with E-state index in [4.69, 9.17) is 0 Å². The van der Waals surface area contributed by atoms with E-state index in [1.54, 1.807) is 36.1 Å². The maximum atomic E-state index is 13.8. The minimum atomic E-state index is -1.11. The molecular formula is C25H26N4O3. The number of urea groups is 1. The fraction of sp³-hybridized carbons (Fsp3) is 0.320. The molecule has 0 spiro atoms. The van der Waals surface area contributed by atoms with Crippen molar-refractivity contribution in [2.24, 2.45) is 0 Å². The fourth-order valence-corrected chi connectivity index (χ4v) is 4.82. The van der Waals surface area contributed by atoms with Crippen molar-refractivity contribution in [3.05, 3.63) is 65.4 Å². The molecule has 2 N–H and O–H groups in total. The molecule has 7 heteroatoms. The highest BCUT2D eigenvalue weighted by atomic mass is 16.2. The SMILES string of the molecule is CCC(C)NC(=O)c1cccc(N2C(=O)N3CCc4c([nH]c5ccccc45)[C@@]3(C)C2=O)c1. The maximum absolute atomic E-state index is 13.8. The van der Waals surface area contributed by atoms with Crippen LogP contribution in [0.1, 0.15) is 48.8 Å². The first-order chi connectivity index (χ1) is 15.4. The Bertz CT molecular complexity index is 1260. The van der Waals surface area contributed by atoms with E-state index < -0.39 is 5.54 Å². The molecule has 1 aromatic heterocycles. The lowest BCUT2D eigenvalue weighted by Crippen LogP contribution is -2.49. The van der Waals surface area contributed by atoms with E-state index >= 15 is 0 Å². The number of amides is 4. The molecule has 4 amide bonds. The third-order valence-corrected chi connectivity index (χ3v) is 6.82. The number of benzene rings is 2. The highest BCUT2D eigenvalue weighted by Crippen LogP contribution is 2.45. The van der Waals surface area contributed by atoms with Crippen LogP contribution in [0, 0.1) is 0 Å². The molecule has 5 rings (SSSR count). The van der Waals surface area contributed by atoms with E-state index in [0.29, 0.717) is 24.2 Å². The van der Waals surface area contributed by atoms with Gasteiger partial charge in [0, 0.05) is 29.1 Å². The number of aromatic nitrogens is 1. The van der Waals surface area contributed by atoms with Crippen LogP contribution in [0.5, 0.6) is 0 Å². The number of nitrogens with zero attached hydrogens (tertiary/aromatic N) is 2. The predicted molar refractivity (Wildman–Crippen MR) is 123 cm³/mol. The molecule has 3 heterocycles. The lowest BCUT2D eigenvalue weighted by atomic mass is 9.87. The summed E-state index contributed by atoms with van der Waals surface area (Å²) >= 11 is 0. The van der Waals surface area contributed by atoms with Gasteiger partial charge in [-0.3, -0.25) is 9.59 Å². The van der Waals surface area contributed by atoms with Gasteiger partial charge in [-0.2, -0.15) is 0 Å². The molecular weight excluding hydrogens is 404 g/mol. The zero-order valence-corrected chi connectivity index (χ0v) is 18.4. The van der Waals surface area contributed by atoms with Gasteiger partial charge in [0.1, 0.15) is 0 Å². The quantitative estimate of drug-likeness (QED) is 0.615. The molecule has 1 saturated heterocycles. The van der Waals surface area contributed by atoms with Crippen molar-refractivity contribution in [2.75, 3.05) is 11.4 Å². The van der Waals surface area contributed by atoms with E-state index in [-0.39, 0.29) is 23.9 Å². The number of para-hydroxylation sites is 1. The third kappa shape index (κ3) is 2.77. The van der Waals surface area contributed by atoms with Crippen molar-refractivity contribution >= 4 is 34.4 Å². The molecule has 0 bridgehead atoms. The zero-order valence-electron chi connectivity index (χ0n) is 18.4. The summed E-state index contributed by atoms with van der Waals surface area (Å²) in [6.07, 6.45) is 1.49. The molecule has 164 valence electrons. The Hall–Kier alpha value is -3.61. The first kappa shape index (κ1) is 20.3. The van der Waals surface area contributed by atoms with Gasteiger partial charge in [0.15, 0.2) is 5.54 Å². The summed E-state index contributed by atoms with van der Waals surface area (Å²) in [6.45, 7) is 6.20. The number of hydrogen-bond acceptors (Lipinski definition) is 3. The zero-order chi connectivity index (χ0) is 22.6. The smallest absolute Gasteiger partial charge is 0.332 e. The predicted octanol–water partition coefficient (Wildman–Crippen LogP) is 3.94. The first-order valence-electron chi connectivity index (χ1n) is 11.0. The Labute approximate surface area is 186 Å². The van der Waals surface area contributed by atoms with Gasteiger partial charge in [-0.1, -0.05) is 31.2 Å². The number of carbonyl (C=O) groups is 3. The average Bonchev–Trinajstić information content (AvgIpc) is 3.27. The summed E-state index contributed by atoms with van der Waals surface area (Å²) in [5.41, 5.74) is 2.54. The van der Waals surface area contributed by atoms with Crippen LogP contribution in [-0.4, -0.2) is 40.3 Å². The molecule has 0 radical (unpaired) electrons. The standard InChI is InChI=1S/C25H26N4O3/c1-4-15(2)26-22(30)16-8-7-9-17(14-16)29-23(31)25(3)21-19(12-13-28(25)24(29)32)18-10-5-6-11-20(18)27-21/h5-11,14-15,27H,4,12-13H2,1-3H3,(H,26,30)/t15?,25-/m0/s1. The fourth-order valence-electron chi connectivity index (χ4n) is 4.82. The van der Waals surface area contributed by atoms with E-state index in [1.807, 2.05) is 38.1 Å². The second-order valence-electron chi connectivity index (χ2n) is 8.75. The van der Waals surface area contributed by atoms with E-state index in [9.17, 15) is 14.4 Å². The lowest BCUT2D eigenvalue weighted by molar-refractivity contribution is -0.125. The Balaban J connectivity index is 1.55. The van der Waals surface area contributed by atoms with Gasteiger partial charge in [-0.05, 0) is 56.5 Å². The first-order valence-corrected chi connectivity index (χ1v) is 11.0. The molecule has 3 aromatic rings. The Morgan fingerprint density at radius 3 is 2.75 bits per heavy atom. The van der Waals surface area contributed by atoms with Crippen LogP contribution >= 0.6 is 0 Å². The van der Waals surface area contributed by atoms with Gasteiger partial charge in [0.2, 0.25) is 0 Å². The van der Waals surface area contributed by atoms with Crippen LogP contribution in [0.4, 0.5) is 10.5 Å². The Morgan fingerprint density at radius 1 is 1.19 bits per heavy atom. The topological polar surface area (TPSA) is 85.5 Å². The molecule has 2 atom stereocenters. The third-order valence-electron chi connectivity index (χ3n) is 6.82. The van der Waals surface area contributed by atoms with E-state index in [1.165, 1.54) is 4.90 Å². The van der Waals surface area contributed by atoms with Crippen molar-refractivity contribution in [3.8, 4) is 0 Å². The number of imide groups is 1. The molecule has 2 aliphatic rings. The number of H-pyrrole nitrogens is 1. The van der Waals surface area contributed by atoms with Crippen LogP contribution < -0.4 is 10.2 Å². The Morgan fingerprint density at radius 2 is 1.97 bits per heavy atom. The van der Waals surface area contributed by atoms with Gasteiger partial charge in [-0.15, -0.1) is 0 Å². The van der Waals surface area contributed by atoms with Crippen molar-refractivity contribution in [2.45, 2.75) is 45.2 Å². The number of aromatic amines is 1. The molecule has 2 aromatic carbocycles. The molecule has 0 aliphatic carbocycles. The average molecular weight is 431 g/mol. The van der Waals surface area contributed by atoms with Crippen LogP contribution in [0.2, 0.25) is 0 Å². The van der Waals surface area contributed by atoms with Gasteiger partial charge in [-0.25, -0.2) is 9.69 Å². The van der Waals surface area contributed by atoms with Crippen LogP contribution in [-0.2, 0) is 16.8 Å². The normalized spacial score (nSPS) is 21.0. The van der Waals surface area contributed by atoms with Crippen molar-refractivity contribution in [1.29, 1.82) is 0 Å². The molecule has 0 saturated carbocycles. The van der Waals surface area contributed by atoms with E-state index in [2.05, 4.69) is 10.3 Å². The van der Waals surface area contributed by atoms with E-state index in [0.717, 1.165) is 28.6 Å². The summed E-state index contributed by atoms with van der Waals surface area (Å²) in [7, 11) is 0. The molecule has 7 nitrogen and oxygen atoms in total. The summed E-state index contributed by atoms with van der Waals surface area (Å²) in [4.78, 5) is 46.0. The van der Waals surface area contributed by atoms with Crippen molar-refractivity contribution < 1.29 is 14.4 Å². The van der Waals surface area contributed by atoms with Crippen LogP contribution in [0.25, 0.3) is 10.9 Å². The summed E-state index contributed by atoms with van der Waals surface area (Å²) < 4.78 is 0. The number of fused-ring (bicyclic) bond motifs is 5.